The number of aromatic nitrogens is 3. The zero-order chi connectivity index (χ0) is 17.8. The lowest BCUT2D eigenvalue weighted by Crippen LogP contribution is -2.12. The molecule has 1 N–H and O–H groups in total. The van der Waals surface area contributed by atoms with E-state index in [0.29, 0.717) is 6.42 Å². The van der Waals surface area contributed by atoms with Gasteiger partial charge in [-0.25, -0.2) is 0 Å². The van der Waals surface area contributed by atoms with Crippen LogP contribution in [0.4, 0.5) is 5.69 Å². The molecule has 4 aromatic rings. The Morgan fingerprint density at radius 3 is 2.65 bits per heavy atom. The minimum absolute atomic E-state index is 0.00268. The minimum Gasteiger partial charge on any atom is -0.326 e. The quantitative estimate of drug-likeness (QED) is 0.597. The van der Waals surface area contributed by atoms with Crippen LogP contribution in [-0.4, -0.2) is 20.5 Å². The highest BCUT2D eigenvalue weighted by Gasteiger charge is 2.09. The van der Waals surface area contributed by atoms with Crippen LogP contribution < -0.4 is 5.32 Å². The molecule has 0 bridgehead atoms. The van der Waals surface area contributed by atoms with Crippen LogP contribution >= 0.6 is 0 Å². The first kappa shape index (κ1) is 16.0. The summed E-state index contributed by atoms with van der Waals surface area (Å²) in [6.07, 6.45) is 3.10. The fourth-order valence-electron chi connectivity index (χ4n) is 2.90. The Labute approximate surface area is 151 Å². The fraction of sp³-hybridized carbons (Fsp3) is 0.0952. The average Bonchev–Trinajstić information content (AvgIpc) is 3.12. The first-order valence-electron chi connectivity index (χ1n) is 8.53. The van der Waals surface area contributed by atoms with E-state index in [1.165, 1.54) is 0 Å². The smallest absolute Gasteiger partial charge is 0.224 e. The number of pyridine rings is 1. The maximum absolute atomic E-state index is 12.3. The van der Waals surface area contributed by atoms with Gasteiger partial charge in [0.1, 0.15) is 0 Å². The first-order valence-corrected chi connectivity index (χ1v) is 8.53. The van der Waals surface area contributed by atoms with E-state index in [9.17, 15) is 4.79 Å². The van der Waals surface area contributed by atoms with Gasteiger partial charge < -0.3 is 5.32 Å². The molecule has 0 aliphatic heterocycles. The van der Waals surface area contributed by atoms with Gasteiger partial charge in [-0.05, 0) is 36.2 Å². The van der Waals surface area contributed by atoms with Gasteiger partial charge in [-0.1, -0.05) is 48.5 Å². The number of benzene rings is 2. The van der Waals surface area contributed by atoms with Crippen LogP contribution in [0.1, 0.15) is 12.0 Å². The molecule has 2 heterocycles. The SMILES string of the molecule is O=C(CCc1ccccc1)Nc1cccc(-c2nnc3ccccn23)c1. The normalized spacial score (nSPS) is 10.8. The number of nitrogens with zero attached hydrogens (tertiary/aromatic N) is 3. The van der Waals surface area contributed by atoms with Crippen LogP contribution in [0.2, 0.25) is 0 Å². The third-order valence-electron chi connectivity index (χ3n) is 4.20. The van der Waals surface area contributed by atoms with Crippen LogP contribution in [0, 0.1) is 0 Å². The fourth-order valence-corrected chi connectivity index (χ4v) is 2.90. The van der Waals surface area contributed by atoms with E-state index in [-0.39, 0.29) is 5.91 Å². The summed E-state index contributed by atoms with van der Waals surface area (Å²) in [5, 5.41) is 11.4. The van der Waals surface area contributed by atoms with Crippen molar-refractivity contribution in [1.82, 2.24) is 14.6 Å². The molecule has 0 fully saturated rings. The molecule has 2 aromatic heterocycles. The summed E-state index contributed by atoms with van der Waals surface area (Å²) in [7, 11) is 0. The first-order chi connectivity index (χ1) is 12.8. The molecule has 2 aromatic carbocycles. The summed E-state index contributed by atoms with van der Waals surface area (Å²) in [5.74, 6) is 0.748. The number of carbonyl (C=O) groups is 1. The molecule has 128 valence electrons. The number of hydrogen-bond acceptors (Lipinski definition) is 3. The molecule has 0 aliphatic carbocycles. The number of carbonyl (C=O) groups excluding carboxylic acids is 1. The average molecular weight is 342 g/mol. The highest BCUT2D eigenvalue weighted by molar-refractivity contribution is 5.91. The second-order valence-electron chi connectivity index (χ2n) is 6.07. The van der Waals surface area contributed by atoms with Crippen LogP contribution in [0.15, 0.2) is 79.0 Å². The van der Waals surface area contributed by atoms with Crippen molar-refractivity contribution in [2.45, 2.75) is 12.8 Å². The number of rotatable bonds is 5. The topological polar surface area (TPSA) is 59.3 Å². The Morgan fingerprint density at radius 1 is 0.923 bits per heavy atom. The Hall–Kier alpha value is -3.47. The lowest BCUT2D eigenvalue weighted by Gasteiger charge is -2.07. The van der Waals surface area contributed by atoms with Crippen molar-refractivity contribution < 1.29 is 4.79 Å². The summed E-state index contributed by atoms with van der Waals surface area (Å²) in [6, 6.07) is 23.5. The zero-order valence-corrected chi connectivity index (χ0v) is 14.2. The van der Waals surface area contributed by atoms with Crippen LogP contribution in [0.5, 0.6) is 0 Å². The van der Waals surface area contributed by atoms with Crippen LogP contribution in [-0.2, 0) is 11.2 Å². The van der Waals surface area contributed by atoms with Crippen molar-refractivity contribution >= 4 is 17.2 Å². The standard InChI is InChI=1S/C21H18N4O/c26-20(13-12-16-7-2-1-3-8-16)22-18-10-6-9-17(15-18)21-24-23-19-11-4-5-14-25(19)21/h1-11,14-15H,12-13H2,(H,22,26). The van der Waals surface area contributed by atoms with Crippen molar-refractivity contribution in [2.24, 2.45) is 0 Å². The number of anilines is 1. The Morgan fingerprint density at radius 2 is 1.77 bits per heavy atom. The summed E-state index contributed by atoms with van der Waals surface area (Å²) in [5.41, 5.74) is 3.61. The molecule has 0 spiro atoms. The molecule has 1 amide bonds. The molecule has 5 nitrogen and oxygen atoms in total. The largest absolute Gasteiger partial charge is 0.326 e. The van der Waals surface area contributed by atoms with E-state index in [2.05, 4.69) is 15.5 Å². The van der Waals surface area contributed by atoms with Crippen molar-refractivity contribution in [3.8, 4) is 11.4 Å². The Balaban J connectivity index is 1.48. The highest BCUT2D eigenvalue weighted by Crippen LogP contribution is 2.22. The van der Waals surface area contributed by atoms with Gasteiger partial charge in [0, 0.05) is 23.9 Å². The second-order valence-corrected chi connectivity index (χ2v) is 6.07. The van der Waals surface area contributed by atoms with Crippen molar-refractivity contribution in [1.29, 1.82) is 0 Å². The molecule has 0 atom stereocenters. The maximum Gasteiger partial charge on any atom is 0.224 e. The van der Waals surface area contributed by atoms with Crippen molar-refractivity contribution in [3.63, 3.8) is 0 Å². The second kappa shape index (κ2) is 7.19. The van der Waals surface area contributed by atoms with E-state index in [1.54, 1.807) is 0 Å². The molecule has 0 saturated heterocycles. The molecular formula is C21H18N4O. The predicted molar refractivity (Wildman–Crippen MR) is 102 cm³/mol. The summed E-state index contributed by atoms with van der Waals surface area (Å²) in [4.78, 5) is 12.3. The molecule has 0 unspecified atom stereocenters. The van der Waals surface area contributed by atoms with E-state index < -0.39 is 0 Å². The van der Waals surface area contributed by atoms with E-state index in [4.69, 9.17) is 0 Å². The zero-order valence-electron chi connectivity index (χ0n) is 14.2. The van der Waals surface area contributed by atoms with E-state index >= 15 is 0 Å². The lowest BCUT2D eigenvalue weighted by atomic mass is 10.1. The van der Waals surface area contributed by atoms with Gasteiger partial charge in [0.2, 0.25) is 5.91 Å². The minimum atomic E-state index is -0.00268. The van der Waals surface area contributed by atoms with Gasteiger partial charge in [0.05, 0.1) is 0 Å². The van der Waals surface area contributed by atoms with Crippen molar-refractivity contribution in [3.05, 3.63) is 84.6 Å². The summed E-state index contributed by atoms with van der Waals surface area (Å²) in [6.45, 7) is 0. The van der Waals surface area contributed by atoms with Crippen LogP contribution in [0.3, 0.4) is 0 Å². The number of aryl methyl sites for hydroxylation is 1. The van der Waals surface area contributed by atoms with Crippen molar-refractivity contribution in [2.75, 3.05) is 5.32 Å². The van der Waals surface area contributed by atoms with Gasteiger partial charge in [0.15, 0.2) is 11.5 Å². The maximum atomic E-state index is 12.3. The Bertz CT molecular complexity index is 1040. The number of nitrogens with one attached hydrogen (secondary N) is 1. The Kier molecular flexibility index (Phi) is 4.43. The molecule has 4 rings (SSSR count). The summed E-state index contributed by atoms with van der Waals surface area (Å²) < 4.78 is 1.93. The number of fused-ring (bicyclic) bond motifs is 1. The number of amides is 1. The number of hydrogen-bond donors (Lipinski definition) is 1. The predicted octanol–water partition coefficient (Wildman–Crippen LogP) is 3.97. The molecule has 5 heteroatoms. The molecular weight excluding hydrogens is 324 g/mol. The summed E-state index contributed by atoms with van der Waals surface area (Å²) >= 11 is 0. The van der Waals surface area contributed by atoms with E-state index in [1.807, 2.05) is 83.4 Å². The van der Waals surface area contributed by atoms with Gasteiger partial charge in [0.25, 0.3) is 0 Å². The monoisotopic (exact) mass is 342 g/mol. The molecule has 26 heavy (non-hydrogen) atoms. The van der Waals surface area contributed by atoms with Gasteiger partial charge in [-0.2, -0.15) is 0 Å². The molecule has 0 radical (unpaired) electrons. The van der Waals surface area contributed by atoms with Gasteiger partial charge >= 0.3 is 0 Å². The lowest BCUT2D eigenvalue weighted by molar-refractivity contribution is -0.116. The van der Waals surface area contributed by atoms with Crippen LogP contribution in [0.25, 0.3) is 17.0 Å². The highest BCUT2D eigenvalue weighted by atomic mass is 16.1. The third-order valence-corrected chi connectivity index (χ3v) is 4.20. The molecule has 0 aliphatic rings. The third kappa shape index (κ3) is 3.47. The van der Waals surface area contributed by atoms with E-state index in [0.717, 1.165) is 34.7 Å². The van der Waals surface area contributed by atoms with Gasteiger partial charge in [-0.15, -0.1) is 10.2 Å². The van der Waals surface area contributed by atoms with Gasteiger partial charge in [-0.3, -0.25) is 9.20 Å². The molecule has 0 saturated carbocycles.